The summed E-state index contributed by atoms with van der Waals surface area (Å²) in [6, 6.07) is 2.07. The van der Waals surface area contributed by atoms with Crippen LogP contribution in [0.15, 0.2) is 6.07 Å². The van der Waals surface area contributed by atoms with Gasteiger partial charge in [-0.3, -0.25) is 0 Å². The first-order chi connectivity index (χ1) is 10.2. The molecule has 1 aromatic rings. The van der Waals surface area contributed by atoms with Gasteiger partial charge in [0.25, 0.3) is 0 Å². The zero-order chi connectivity index (χ0) is 14.8. The molecule has 21 heavy (non-hydrogen) atoms. The van der Waals surface area contributed by atoms with Crippen molar-refractivity contribution < 1.29 is 14.6 Å². The highest BCUT2D eigenvalue weighted by molar-refractivity contribution is 5.37. The number of ether oxygens (including phenoxy) is 2. The third-order valence-electron chi connectivity index (χ3n) is 4.44. The molecule has 0 saturated carbocycles. The van der Waals surface area contributed by atoms with Crippen molar-refractivity contribution in [2.24, 2.45) is 5.92 Å². The Bertz CT molecular complexity index is 497. The van der Waals surface area contributed by atoms with E-state index in [1.807, 2.05) is 13.0 Å². The molecule has 3 atom stereocenters. The highest BCUT2D eigenvalue weighted by Gasteiger charge is 2.38. The van der Waals surface area contributed by atoms with E-state index < -0.39 is 0 Å². The monoisotopic (exact) mass is 293 g/mol. The van der Waals surface area contributed by atoms with Gasteiger partial charge in [0.2, 0.25) is 11.8 Å². The lowest BCUT2D eigenvalue weighted by molar-refractivity contribution is -0.0439. The smallest absolute Gasteiger partial charge is 0.229 e. The molecule has 2 saturated heterocycles. The number of rotatable bonds is 3. The number of aliphatic hydroxyl groups excluding tert-OH is 1. The molecule has 0 bridgehead atoms. The number of aromatic nitrogens is 2. The van der Waals surface area contributed by atoms with Gasteiger partial charge < -0.3 is 19.5 Å². The van der Waals surface area contributed by atoms with E-state index in [0.717, 1.165) is 25.1 Å². The lowest BCUT2D eigenvalue weighted by Gasteiger charge is -2.37. The van der Waals surface area contributed by atoms with Crippen LogP contribution in [0.3, 0.4) is 0 Å². The summed E-state index contributed by atoms with van der Waals surface area (Å²) in [6.07, 6.45) is 2.56. The van der Waals surface area contributed by atoms with Crippen LogP contribution in [0.1, 0.15) is 25.0 Å². The summed E-state index contributed by atoms with van der Waals surface area (Å²) in [5, 5.41) is 10.3. The minimum Gasteiger partial charge on any atom is -0.481 e. The molecule has 3 heterocycles. The third-order valence-corrected chi connectivity index (χ3v) is 4.44. The maximum absolute atomic E-state index is 10.3. The van der Waals surface area contributed by atoms with Crippen molar-refractivity contribution in [2.75, 3.05) is 31.8 Å². The number of anilines is 1. The van der Waals surface area contributed by atoms with Crippen molar-refractivity contribution in [2.45, 2.75) is 38.3 Å². The normalized spacial score (nSPS) is 29.7. The van der Waals surface area contributed by atoms with E-state index in [-0.39, 0.29) is 18.1 Å². The first-order valence-corrected chi connectivity index (χ1v) is 7.61. The average molecular weight is 293 g/mol. The van der Waals surface area contributed by atoms with Gasteiger partial charge in [0.15, 0.2) is 0 Å². The Morgan fingerprint density at radius 3 is 3.00 bits per heavy atom. The Balaban J connectivity index is 1.84. The van der Waals surface area contributed by atoms with E-state index in [2.05, 4.69) is 14.9 Å². The van der Waals surface area contributed by atoms with Crippen LogP contribution >= 0.6 is 0 Å². The summed E-state index contributed by atoms with van der Waals surface area (Å²) >= 11 is 0. The Morgan fingerprint density at radius 2 is 2.24 bits per heavy atom. The van der Waals surface area contributed by atoms with Crippen molar-refractivity contribution >= 4 is 5.95 Å². The van der Waals surface area contributed by atoms with Gasteiger partial charge in [0, 0.05) is 36.9 Å². The van der Waals surface area contributed by atoms with E-state index >= 15 is 0 Å². The van der Waals surface area contributed by atoms with Crippen molar-refractivity contribution in [3.05, 3.63) is 11.8 Å². The van der Waals surface area contributed by atoms with Crippen LogP contribution in [0, 0.1) is 12.8 Å². The number of hydrogen-bond acceptors (Lipinski definition) is 6. The van der Waals surface area contributed by atoms with Gasteiger partial charge in [-0.15, -0.1) is 0 Å². The minimum atomic E-state index is -0.295. The van der Waals surface area contributed by atoms with Crippen LogP contribution in [0.2, 0.25) is 0 Å². The molecule has 1 aromatic heterocycles. The molecule has 0 radical (unpaired) electrons. The molecule has 0 aliphatic carbocycles. The fraction of sp³-hybridized carbons (Fsp3) is 0.733. The van der Waals surface area contributed by atoms with Crippen molar-refractivity contribution in [1.82, 2.24) is 9.97 Å². The lowest BCUT2D eigenvalue weighted by atomic mass is 9.89. The Hall–Kier alpha value is -1.40. The maximum atomic E-state index is 10.3. The quantitative estimate of drug-likeness (QED) is 0.902. The number of aliphatic hydroxyl groups is 1. The predicted molar refractivity (Wildman–Crippen MR) is 78.6 cm³/mol. The molecule has 0 aromatic carbocycles. The second-order valence-corrected chi connectivity index (χ2v) is 5.85. The van der Waals surface area contributed by atoms with Gasteiger partial charge in [-0.2, -0.15) is 4.98 Å². The van der Waals surface area contributed by atoms with Gasteiger partial charge in [-0.1, -0.05) is 0 Å². The highest BCUT2D eigenvalue weighted by Crippen LogP contribution is 2.32. The molecule has 0 unspecified atom stereocenters. The average Bonchev–Trinajstić information content (AvgIpc) is 2.96. The molecule has 2 fully saturated rings. The number of hydrogen-bond donors (Lipinski definition) is 1. The molecule has 3 rings (SSSR count). The molecule has 2 aliphatic rings. The zero-order valence-corrected chi connectivity index (χ0v) is 12.7. The van der Waals surface area contributed by atoms with E-state index in [0.29, 0.717) is 31.5 Å². The van der Waals surface area contributed by atoms with E-state index in [4.69, 9.17) is 9.47 Å². The van der Waals surface area contributed by atoms with Crippen molar-refractivity contribution in [3.8, 4) is 5.88 Å². The van der Waals surface area contributed by atoms with Crippen LogP contribution in [-0.4, -0.2) is 54.1 Å². The summed E-state index contributed by atoms with van der Waals surface area (Å²) < 4.78 is 10.8. The summed E-state index contributed by atoms with van der Waals surface area (Å²) in [5.41, 5.74) is 0.892. The molecular weight excluding hydrogens is 270 g/mol. The first kappa shape index (κ1) is 14.5. The van der Waals surface area contributed by atoms with Gasteiger partial charge in [0.05, 0.1) is 19.8 Å². The SMILES string of the molecule is COc1cc(C)nc(N2CCC[C@@H]2[C@H]2COCC[C@H]2O)n1. The molecule has 1 N–H and O–H groups in total. The van der Waals surface area contributed by atoms with E-state index in [1.54, 1.807) is 7.11 Å². The van der Waals surface area contributed by atoms with Crippen LogP contribution < -0.4 is 9.64 Å². The maximum Gasteiger partial charge on any atom is 0.229 e. The van der Waals surface area contributed by atoms with Gasteiger partial charge in [-0.25, -0.2) is 4.98 Å². The van der Waals surface area contributed by atoms with Gasteiger partial charge in [-0.05, 0) is 26.2 Å². The second kappa shape index (κ2) is 6.15. The summed E-state index contributed by atoms with van der Waals surface area (Å²) in [6.45, 7) is 4.13. The van der Waals surface area contributed by atoms with Crippen molar-refractivity contribution in [3.63, 3.8) is 0 Å². The molecule has 2 aliphatic heterocycles. The Morgan fingerprint density at radius 1 is 1.38 bits per heavy atom. The number of methoxy groups -OCH3 is 1. The molecule has 0 spiro atoms. The van der Waals surface area contributed by atoms with Crippen molar-refractivity contribution in [1.29, 1.82) is 0 Å². The Kier molecular flexibility index (Phi) is 4.26. The molecule has 0 amide bonds. The number of nitrogens with zero attached hydrogens (tertiary/aromatic N) is 3. The van der Waals surface area contributed by atoms with E-state index in [9.17, 15) is 5.11 Å². The van der Waals surface area contributed by atoms with E-state index in [1.165, 1.54) is 0 Å². The second-order valence-electron chi connectivity index (χ2n) is 5.85. The molecule has 6 heteroatoms. The third kappa shape index (κ3) is 2.96. The van der Waals surface area contributed by atoms with Crippen LogP contribution in [0.5, 0.6) is 5.88 Å². The standard InChI is InChI=1S/C15H23N3O3/c1-10-8-14(20-2)17-15(16-10)18-6-3-4-12(18)11-9-21-7-5-13(11)19/h8,11-13,19H,3-7,9H2,1-2H3/t11-,12-,13-/m1/s1. The molecule has 6 nitrogen and oxygen atoms in total. The minimum absolute atomic E-state index is 0.136. The Labute approximate surface area is 125 Å². The van der Waals surface area contributed by atoms with Crippen LogP contribution in [0.4, 0.5) is 5.95 Å². The summed E-state index contributed by atoms with van der Waals surface area (Å²) in [7, 11) is 1.62. The largest absolute Gasteiger partial charge is 0.481 e. The fourth-order valence-electron chi connectivity index (χ4n) is 3.36. The lowest BCUT2D eigenvalue weighted by Crippen LogP contribution is -2.46. The first-order valence-electron chi connectivity index (χ1n) is 7.61. The molecule has 116 valence electrons. The highest BCUT2D eigenvalue weighted by atomic mass is 16.5. The summed E-state index contributed by atoms with van der Waals surface area (Å²) in [5.74, 6) is 1.42. The number of aryl methyl sites for hydroxylation is 1. The fourth-order valence-corrected chi connectivity index (χ4v) is 3.36. The topological polar surface area (TPSA) is 67.7 Å². The van der Waals surface area contributed by atoms with Crippen LogP contribution in [0.25, 0.3) is 0 Å². The van der Waals surface area contributed by atoms with Gasteiger partial charge in [0.1, 0.15) is 0 Å². The zero-order valence-electron chi connectivity index (χ0n) is 12.7. The summed E-state index contributed by atoms with van der Waals surface area (Å²) in [4.78, 5) is 11.2. The van der Waals surface area contributed by atoms with Crippen LogP contribution in [-0.2, 0) is 4.74 Å². The molecular formula is C15H23N3O3. The predicted octanol–water partition coefficient (Wildman–Crippen LogP) is 1.16. The van der Waals surface area contributed by atoms with Gasteiger partial charge >= 0.3 is 0 Å².